The van der Waals surface area contributed by atoms with Crippen LogP contribution in [0.3, 0.4) is 0 Å². The Hall–Kier alpha value is -0.470. The summed E-state index contributed by atoms with van der Waals surface area (Å²) in [5, 5.41) is 10.0. The molecule has 0 heterocycles. The number of thioether (sulfide) groups is 1. The standard InChI is InChI=1S/C15H22OS/c1-12-6-2-5-9-15(12)17-11-14(16)10-13-7-3-4-8-13/h2,5-6,9,13-14,16H,3-4,7-8,10-11H2,1H3. The second-order valence-electron chi connectivity index (χ2n) is 5.12. The van der Waals surface area contributed by atoms with Crippen LogP contribution >= 0.6 is 11.8 Å². The van der Waals surface area contributed by atoms with E-state index < -0.39 is 0 Å². The van der Waals surface area contributed by atoms with E-state index in [0.717, 1.165) is 18.1 Å². The molecule has 1 aromatic carbocycles. The first-order chi connectivity index (χ1) is 8.25. The quantitative estimate of drug-likeness (QED) is 0.796. The Kier molecular flexibility index (Phi) is 4.93. The van der Waals surface area contributed by atoms with E-state index in [2.05, 4.69) is 31.2 Å². The van der Waals surface area contributed by atoms with Crippen LogP contribution in [0.1, 0.15) is 37.7 Å². The highest BCUT2D eigenvalue weighted by Gasteiger charge is 2.18. The van der Waals surface area contributed by atoms with Gasteiger partial charge in [-0.1, -0.05) is 43.9 Å². The first-order valence-corrected chi connectivity index (χ1v) is 7.61. The monoisotopic (exact) mass is 250 g/mol. The number of hydrogen-bond acceptors (Lipinski definition) is 2. The SMILES string of the molecule is Cc1ccccc1SCC(O)CC1CCCC1. The molecule has 0 radical (unpaired) electrons. The molecule has 1 N–H and O–H groups in total. The van der Waals surface area contributed by atoms with E-state index in [4.69, 9.17) is 0 Å². The molecule has 1 atom stereocenters. The summed E-state index contributed by atoms with van der Waals surface area (Å²) in [4.78, 5) is 1.30. The smallest absolute Gasteiger partial charge is 0.0636 e. The summed E-state index contributed by atoms with van der Waals surface area (Å²) in [7, 11) is 0. The fourth-order valence-corrected chi connectivity index (χ4v) is 3.58. The molecule has 0 aliphatic heterocycles. The number of aryl methyl sites for hydroxylation is 1. The van der Waals surface area contributed by atoms with Crippen LogP contribution in [0.15, 0.2) is 29.2 Å². The topological polar surface area (TPSA) is 20.2 Å². The fourth-order valence-electron chi connectivity index (χ4n) is 2.60. The molecular formula is C15H22OS. The van der Waals surface area contributed by atoms with E-state index in [9.17, 15) is 5.11 Å². The minimum absolute atomic E-state index is 0.136. The van der Waals surface area contributed by atoms with Crippen molar-refractivity contribution in [2.45, 2.75) is 50.0 Å². The van der Waals surface area contributed by atoms with Gasteiger partial charge in [-0.15, -0.1) is 11.8 Å². The maximum atomic E-state index is 10.0. The maximum absolute atomic E-state index is 10.0. The van der Waals surface area contributed by atoms with Gasteiger partial charge < -0.3 is 5.11 Å². The Morgan fingerprint density at radius 2 is 2.00 bits per heavy atom. The van der Waals surface area contributed by atoms with Crippen molar-refractivity contribution in [2.24, 2.45) is 5.92 Å². The van der Waals surface area contributed by atoms with Gasteiger partial charge in [0.1, 0.15) is 0 Å². The van der Waals surface area contributed by atoms with Crippen molar-refractivity contribution in [3.8, 4) is 0 Å². The van der Waals surface area contributed by atoms with Gasteiger partial charge in [-0.05, 0) is 30.9 Å². The van der Waals surface area contributed by atoms with Crippen molar-refractivity contribution >= 4 is 11.8 Å². The third-order valence-corrected chi connectivity index (χ3v) is 4.93. The van der Waals surface area contributed by atoms with Gasteiger partial charge in [-0.25, -0.2) is 0 Å². The first-order valence-electron chi connectivity index (χ1n) is 6.62. The second kappa shape index (κ2) is 6.46. The number of hydrogen-bond donors (Lipinski definition) is 1. The van der Waals surface area contributed by atoms with Gasteiger partial charge in [0, 0.05) is 10.6 Å². The Morgan fingerprint density at radius 3 is 2.71 bits per heavy atom. The first kappa shape index (κ1) is 13.0. The Bertz CT molecular complexity index is 345. The molecule has 1 aliphatic carbocycles. The summed E-state index contributed by atoms with van der Waals surface area (Å²) in [6.45, 7) is 2.13. The lowest BCUT2D eigenvalue weighted by atomic mass is 10.0. The lowest BCUT2D eigenvalue weighted by molar-refractivity contribution is 0.166. The predicted molar refractivity (Wildman–Crippen MR) is 74.5 cm³/mol. The molecule has 1 nitrogen and oxygen atoms in total. The molecule has 1 aromatic rings. The number of aliphatic hydroxyl groups excluding tert-OH is 1. The molecule has 0 spiro atoms. The normalized spacial score (nSPS) is 18.5. The molecule has 94 valence electrons. The average Bonchev–Trinajstić information content (AvgIpc) is 2.81. The molecule has 1 unspecified atom stereocenters. The van der Waals surface area contributed by atoms with Gasteiger partial charge in [0.2, 0.25) is 0 Å². The molecular weight excluding hydrogens is 228 g/mol. The van der Waals surface area contributed by atoms with Crippen LogP contribution in [-0.4, -0.2) is 17.0 Å². The van der Waals surface area contributed by atoms with E-state index in [1.165, 1.54) is 36.1 Å². The maximum Gasteiger partial charge on any atom is 0.0636 e. The predicted octanol–water partition coefficient (Wildman–Crippen LogP) is 4.03. The number of aliphatic hydroxyl groups is 1. The van der Waals surface area contributed by atoms with Crippen molar-refractivity contribution in [2.75, 3.05) is 5.75 Å². The molecule has 0 bridgehead atoms. The molecule has 0 saturated heterocycles. The van der Waals surface area contributed by atoms with Crippen molar-refractivity contribution in [1.29, 1.82) is 0 Å². The third-order valence-electron chi connectivity index (χ3n) is 3.60. The van der Waals surface area contributed by atoms with Crippen LogP contribution in [0.2, 0.25) is 0 Å². The van der Waals surface area contributed by atoms with Gasteiger partial charge in [0.15, 0.2) is 0 Å². The summed E-state index contributed by atoms with van der Waals surface area (Å²) in [5.74, 6) is 1.61. The largest absolute Gasteiger partial charge is 0.392 e. The molecule has 1 fully saturated rings. The highest BCUT2D eigenvalue weighted by atomic mass is 32.2. The third kappa shape index (κ3) is 4.04. The van der Waals surface area contributed by atoms with E-state index >= 15 is 0 Å². The Morgan fingerprint density at radius 1 is 1.29 bits per heavy atom. The minimum Gasteiger partial charge on any atom is -0.392 e. The second-order valence-corrected chi connectivity index (χ2v) is 6.18. The van der Waals surface area contributed by atoms with E-state index in [1.807, 2.05) is 0 Å². The van der Waals surface area contributed by atoms with Crippen LogP contribution in [0, 0.1) is 12.8 Å². The van der Waals surface area contributed by atoms with Crippen molar-refractivity contribution in [3.63, 3.8) is 0 Å². The highest BCUT2D eigenvalue weighted by Crippen LogP contribution is 2.30. The zero-order chi connectivity index (χ0) is 12.1. The Balaban J connectivity index is 1.75. The summed E-state index contributed by atoms with van der Waals surface area (Å²) in [6.07, 6.45) is 6.24. The lowest BCUT2D eigenvalue weighted by Crippen LogP contribution is -2.14. The molecule has 1 saturated carbocycles. The minimum atomic E-state index is -0.136. The van der Waals surface area contributed by atoms with E-state index in [-0.39, 0.29) is 6.10 Å². The van der Waals surface area contributed by atoms with Crippen LogP contribution in [0.5, 0.6) is 0 Å². The van der Waals surface area contributed by atoms with E-state index in [0.29, 0.717) is 0 Å². The molecule has 17 heavy (non-hydrogen) atoms. The van der Waals surface area contributed by atoms with Crippen LogP contribution < -0.4 is 0 Å². The highest BCUT2D eigenvalue weighted by molar-refractivity contribution is 7.99. The summed E-state index contributed by atoms with van der Waals surface area (Å²) in [6, 6.07) is 8.40. The van der Waals surface area contributed by atoms with Gasteiger partial charge in [0.05, 0.1) is 6.10 Å². The lowest BCUT2D eigenvalue weighted by Gasteiger charge is -2.15. The zero-order valence-corrected chi connectivity index (χ0v) is 11.4. The Labute approximate surface area is 109 Å². The summed E-state index contributed by atoms with van der Waals surface area (Å²) >= 11 is 1.79. The van der Waals surface area contributed by atoms with Crippen LogP contribution in [-0.2, 0) is 0 Å². The van der Waals surface area contributed by atoms with Crippen molar-refractivity contribution in [3.05, 3.63) is 29.8 Å². The number of benzene rings is 1. The molecule has 2 heteroatoms. The van der Waals surface area contributed by atoms with Gasteiger partial charge >= 0.3 is 0 Å². The van der Waals surface area contributed by atoms with Gasteiger partial charge in [-0.2, -0.15) is 0 Å². The molecule has 2 rings (SSSR count). The average molecular weight is 250 g/mol. The fraction of sp³-hybridized carbons (Fsp3) is 0.600. The van der Waals surface area contributed by atoms with Gasteiger partial charge in [-0.3, -0.25) is 0 Å². The van der Waals surface area contributed by atoms with Crippen molar-refractivity contribution in [1.82, 2.24) is 0 Å². The molecule has 1 aliphatic rings. The zero-order valence-electron chi connectivity index (χ0n) is 10.6. The van der Waals surface area contributed by atoms with E-state index in [1.54, 1.807) is 11.8 Å². The number of rotatable bonds is 5. The van der Waals surface area contributed by atoms with Crippen LogP contribution in [0.25, 0.3) is 0 Å². The van der Waals surface area contributed by atoms with Crippen molar-refractivity contribution < 1.29 is 5.11 Å². The summed E-state index contributed by atoms with van der Waals surface area (Å²) in [5.41, 5.74) is 1.31. The molecule has 0 aromatic heterocycles. The van der Waals surface area contributed by atoms with Crippen LogP contribution in [0.4, 0.5) is 0 Å². The van der Waals surface area contributed by atoms with Gasteiger partial charge in [0.25, 0.3) is 0 Å². The molecule has 0 amide bonds. The summed E-state index contributed by atoms with van der Waals surface area (Å²) < 4.78 is 0.